The first-order chi connectivity index (χ1) is 7.25. The van der Waals surface area contributed by atoms with Crippen molar-refractivity contribution in [2.24, 2.45) is 0 Å². The number of carbonyl (C=O) groups is 1. The Morgan fingerprint density at radius 1 is 1.47 bits per heavy atom. The van der Waals surface area contributed by atoms with E-state index in [9.17, 15) is 9.18 Å². The normalized spacial score (nSPS) is 15.5. The molecule has 0 saturated carbocycles. The second-order valence-electron chi connectivity index (χ2n) is 3.29. The van der Waals surface area contributed by atoms with Gasteiger partial charge < -0.3 is 10.1 Å². The van der Waals surface area contributed by atoms with E-state index in [-0.39, 0.29) is 11.8 Å². The fourth-order valence-corrected chi connectivity index (χ4v) is 1.20. The molecule has 0 bridgehead atoms. The zero-order valence-corrected chi connectivity index (χ0v) is 8.00. The summed E-state index contributed by atoms with van der Waals surface area (Å²) in [5.74, 6) is -0.471. The number of hydrogen-bond donors (Lipinski definition) is 2. The lowest BCUT2D eigenvalue weighted by molar-refractivity contribution is 0.0777. The first kappa shape index (κ1) is 9.92. The van der Waals surface area contributed by atoms with Gasteiger partial charge in [-0.15, -0.1) is 0 Å². The van der Waals surface area contributed by atoms with Crippen LogP contribution in [0, 0.1) is 5.82 Å². The van der Waals surface area contributed by atoms with Gasteiger partial charge >= 0.3 is 6.09 Å². The number of nitrogens with one attached hydrogen (secondary N) is 2. The van der Waals surface area contributed by atoms with Crippen LogP contribution in [0.1, 0.15) is 0 Å². The fourth-order valence-electron chi connectivity index (χ4n) is 1.20. The molecule has 4 nitrogen and oxygen atoms in total. The highest BCUT2D eigenvalue weighted by Gasteiger charge is 2.21. The minimum Gasteiger partial charge on any atom is -0.443 e. The van der Waals surface area contributed by atoms with Crippen LogP contribution in [-0.2, 0) is 4.74 Å². The summed E-state index contributed by atoms with van der Waals surface area (Å²) in [6.07, 6.45) is -0.719. The van der Waals surface area contributed by atoms with E-state index in [4.69, 9.17) is 4.74 Å². The van der Waals surface area contributed by atoms with Gasteiger partial charge in [-0.1, -0.05) is 12.1 Å². The van der Waals surface area contributed by atoms with Gasteiger partial charge in [-0.05, 0) is 12.1 Å². The maximum atomic E-state index is 13.1. The molecule has 0 atom stereocenters. The minimum atomic E-state index is -0.619. The van der Waals surface area contributed by atoms with Crippen molar-refractivity contribution >= 4 is 11.8 Å². The zero-order valence-electron chi connectivity index (χ0n) is 8.00. The van der Waals surface area contributed by atoms with E-state index in [1.165, 1.54) is 12.1 Å². The molecule has 2 rings (SSSR count). The van der Waals surface area contributed by atoms with Crippen molar-refractivity contribution in [1.29, 1.82) is 0 Å². The number of hydrogen-bond acceptors (Lipinski definition) is 3. The molecule has 1 saturated heterocycles. The van der Waals surface area contributed by atoms with Crippen LogP contribution in [0.2, 0.25) is 0 Å². The van der Waals surface area contributed by atoms with E-state index in [1.54, 1.807) is 12.1 Å². The molecule has 5 heteroatoms. The van der Waals surface area contributed by atoms with Gasteiger partial charge in [0.1, 0.15) is 11.9 Å². The molecule has 1 aliphatic rings. The van der Waals surface area contributed by atoms with E-state index < -0.39 is 11.9 Å². The van der Waals surface area contributed by atoms with Gasteiger partial charge in [0.05, 0.1) is 5.69 Å². The van der Waals surface area contributed by atoms with Crippen molar-refractivity contribution in [3.63, 3.8) is 0 Å². The standard InChI is InChI=1S/C10H11FN2O2/c11-8-3-1-2-4-9(8)13-10(14)15-7-5-12-6-7/h1-4,7,12H,5-6H2,(H,13,14). The number of rotatable bonds is 2. The Balaban J connectivity index is 1.90. The number of ether oxygens (including phenoxy) is 1. The lowest BCUT2D eigenvalue weighted by Crippen LogP contribution is -2.49. The first-order valence-electron chi connectivity index (χ1n) is 4.68. The van der Waals surface area contributed by atoms with E-state index in [1.807, 2.05) is 0 Å². The lowest BCUT2D eigenvalue weighted by Gasteiger charge is -2.26. The molecule has 0 aliphatic carbocycles. The Morgan fingerprint density at radius 2 is 2.20 bits per heavy atom. The first-order valence-corrected chi connectivity index (χ1v) is 4.68. The van der Waals surface area contributed by atoms with Crippen molar-refractivity contribution in [2.75, 3.05) is 18.4 Å². The third kappa shape index (κ3) is 2.44. The third-order valence-electron chi connectivity index (χ3n) is 2.13. The lowest BCUT2D eigenvalue weighted by atomic mass is 10.2. The summed E-state index contributed by atoms with van der Waals surface area (Å²) in [5, 5.41) is 5.31. The van der Waals surface area contributed by atoms with Crippen molar-refractivity contribution < 1.29 is 13.9 Å². The Hall–Kier alpha value is -1.62. The molecule has 80 valence electrons. The maximum absolute atomic E-state index is 13.1. The van der Waals surface area contributed by atoms with E-state index in [2.05, 4.69) is 10.6 Å². The number of carbonyl (C=O) groups excluding carboxylic acids is 1. The summed E-state index contributed by atoms with van der Waals surface area (Å²) in [5.41, 5.74) is 0.134. The number of anilines is 1. The smallest absolute Gasteiger partial charge is 0.412 e. The molecule has 1 fully saturated rings. The highest BCUT2D eigenvalue weighted by molar-refractivity contribution is 5.84. The number of para-hydroxylation sites is 1. The second-order valence-corrected chi connectivity index (χ2v) is 3.29. The van der Waals surface area contributed by atoms with E-state index in [0.717, 1.165) is 0 Å². The predicted molar refractivity (Wildman–Crippen MR) is 53.2 cm³/mol. The molecule has 0 unspecified atom stereocenters. The summed E-state index contributed by atoms with van der Waals surface area (Å²) in [6, 6.07) is 5.96. The van der Waals surface area contributed by atoms with Crippen LogP contribution < -0.4 is 10.6 Å². The third-order valence-corrected chi connectivity index (χ3v) is 2.13. The van der Waals surface area contributed by atoms with Crippen molar-refractivity contribution in [3.05, 3.63) is 30.1 Å². The molecular weight excluding hydrogens is 199 g/mol. The Labute approximate surface area is 86.4 Å². The van der Waals surface area contributed by atoms with E-state index in [0.29, 0.717) is 13.1 Å². The summed E-state index contributed by atoms with van der Waals surface area (Å²) >= 11 is 0. The van der Waals surface area contributed by atoms with Crippen LogP contribution in [0.25, 0.3) is 0 Å². The summed E-state index contributed by atoms with van der Waals surface area (Å²) in [4.78, 5) is 11.2. The fraction of sp³-hybridized carbons (Fsp3) is 0.300. The number of halogens is 1. The molecular formula is C10H11FN2O2. The predicted octanol–water partition coefficient (Wildman–Crippen LogP) is 1.35. The van der Waals surface area contributed by atoms with Crippen molar-refractivity contribution in [3.8, 4) is 0 Å². The SMILES string of the molecule is O=C(Nc1ccccc1F)OC1CNC1. The summed E-state index contributed by atoms with van der Waals surface area (Å²) < 4.78 is 18.1. The monoisotopic (exact) mass is 210 g/mol. The van der Waals surface area contributed by atoms with Gasteiger partial charge in [-0.25, -0.2) is 9.18 Å². The Morgan fingerprint density at radius 3 is 2.80 bits per heavy atom. The van der Waals surface area contributed by atoms with Gasteiger partial charge in [0.15, 0.2) is 0 Å². The maximum Gasteiger partial charge on any atom is 0.412 e. The van der Waals surface area contributed by atoms with Gasteiger partial charge in [-0.3, -0.25) is 5.32 Å². The van der Waals surface area contributed by atoms with Crippen molar-refractivity contribution in [1.82, 2.24) is 5.32 Å². The van der Waals surface area contributed by atoms with E-state index >= 15 is 0 Å². The Kier molecular flexibility index (Phi) is 2.82. The molecule has 1 amide bonds. The van der Waals surface area contributed by atoms with Gasteiger partial charge in [-0.2, -0.15) is 0 Å². The quantitative estimate of drug-likeness (QED) is 0.774. The molecule has 1 aromatic carbocycles. The molecule has 0 aromatic heterocycles. The molecule has 1 heterocycles. The van der Waals surface area contributed by atoms with Crippen molar-refractivity contribution in [2.45, 2.75) is 6.10 Å². The molecule has 0 radical (unpaired) electrons. The van der Waals surface area contributed by atoms with Gasteiger partial charge in [0.2, 0.25) is 0 Å². The molecule has 0 spiro atoms. The Bertz CT molecular complexity index is 366. The van der Waals surface area contributed by atoms with Crippen LogP contribution >= 0.6 is 0 Å². The summed E-state index contributed by atoms with van der Waals surface area (Å²) in [7, 11) is 0. The largest absolute Gasteiger partial charge is 0.443 e. The van der Waals surface area contributed by atoms with Gasteiger partial charge in [0.25, 0.3) is 0 Å². The minimum absolute atomic E-state index is 0.100. The van der Waals surface area contributed by atoms with Crippen LogP contribution in [-0.4, -0.2) is 25.3 Å². The average molecular weight is 210 g/mol. The van der Waals surface area contributed by atoms with Crippen LogP contribution in [0.15, 0.2) is 24.3 Å². The molecule has 1 aliphatic heterocycles. The number of amides is 1. The number of benzene rings is 1. The highest BCUT2D eigenvalue weighted by Crippen LogP contribution is 2.13. The average Bonchev–Trinajstić information content (AvgIpc) is 2.16. The molecule has 1 aromatic rings. The van der Waals surface area contributed by atoms with Crippen LogP contribution in [0.3, 0.4) is 0 Å². The second kappa shape index (κ2) is 4.27. The van der Waals surface area contributed by atoms with Gasteiger partial charge in [0, 0.05) is 13.1 Å². The summed E-state index contributed by atoms with van der Waals surface area (Å²) in [6.45, 7) is 1.31. The topological polar surface area (TPSA) is 50.4 Å². The highest BCUT2D eigenvalue weighted by atomic mass is 19.1. The molecule has 15 heavy (non-hydrogen) atoms. The molecule has 2 N–H and O–H groups in total. The zero-order chi connectivity index (χ0) is 10.7. The van der Waals surface area contributed by atoms with Crippen LogP contribution in [0.4, 0.5) is 14.9 Å². The van der Waals surface area contributed by atoms with Crippen LogP contribution in [0.5, 0.6) is 0 Å².